The molecular weight excluding hydrogens is 372 g/mol. The van der Waals surface area contributed by atoms with Gasteiger partial charge >= 0.3 is 0 Å². The molecule has 6 nitrogen and oxygen atoms in total. The molecule has 0 amide bonds. The fraction of sp³-hybridized carbons (Fsp3) is 0.222. The molecule has 8 heteroatoms. The molecule has 0 radical (unpaired) electrons. The summed E-state index contributed by atoms with van der Waals surface area (Å²) in [7, 11) is -4.61. The molecule has 26 heavy (non-hydrogen) atoms. The highest BCUT2D eigenvalue weighted by Crippen LogP contribution is 2.26. The van der Waals surface area contributed by atoms with Crippen LogP contribution < -0.4 is 4.72 Å². The van der Waals surface area contributed by atoms with Crippen LogP contribution in [-0.4, -0.2) is 35.2 Å². The molecule has 0 fully saturated rings. The fourth-order valence-corrected chi connectivity index (χ4v) is 4.15. The van der Waals surface area contributed by atoms with Crippen molar-refractivity contribution in [3.63, 3.8) is 0 Å². The van der Waals surface area contributed by atoms with E-state index in [4.69, 9.17) is 0 Å². The number of rotatable bonds is 6. The number of sulfonamides is 2. The molecule has 0 heterocycles. The number of hydrogen-bond acceptors (Lipinski definition) is 4. The molecule has 2 aromatic carbocycles. The molecule has 0 aliphatic carbocycles. The van der Waals surface area contributed by atoms with Gasteiger partial charge in [0.05, 0.1) is 16.0 Å². The first-order chi connectivity index (χ1) is 12.0. The fourth-order valence-electron chi connectivity index (χ4n) is 2.21. The molecule has 0 aliphatic heterocycles. The maximum Gasteiger partial charge on any atom is 0.255 e. The third-order valence-electron chi connectivity index (χ3n) is 3.91. The molecular formula is C18H22N2O4S2. The molecule has 0 saturated carbocycles. The molecule has 0 bridgehead atoms. The normalized spacial score (nSPS) is 12.7. The minimum atomic E-state index is -3.79. The summed E-state index contributed by atoms with van der Waals surface area (Å²) in [5.74, 6) is 0. The summed E-state index contributed by atoms with van der Waals surface area (Å²) in [4.78, 5) is 0.0374. The molecule has 0 aliphatic rings. The Labute approximate surface area is 155 Å². The Hall–Kier alpha value is -2.16. The van der Waals surface area contributed by atoms with Crippen LogP contribution in [0.15, 0.2) is 52.8 Å². The first-order valence-corrected chi connectivity index (χ1v) is 10.8. The first kappa shape index (κ1) is 20.2. The van der Waals surface area contributed by atoms with Crippen LogP contribution in [-0.2, 0) is 20.0 Å². The van der Waals surface area contributed by atoms with Crippen LogP contribution in [0.5, 0.6) is 0 Å². The summed E-state index contributed by atoms with van der Waals surface area (Å²) in [5.41, 5.74) is 2.33. The number of hydrogen-bond donors (Lipinski definition) is 1. The molecule has 140 valence electrons. The van der Waals surface area contributed by atoms with E-state index in [2.05, 4.69) is 4.72 Å². The van der Waals surface area contributed by atoms with E-state index in [-0.39, 0.29) is 10.6 Å². The van der Waals surface area contributed by atoms with Crippen LogP contribution in [0.3, 0.4) is 0 Å². The number of nitrogens with zero attached hydrogens (tertiary/aromatic N) is 1. The van der Waals surface area contributed by atoms with Gasteiger partial charge in [-0.2, -0.15) is 0 Å². The Morgan fingerprint density at radius 3 is 2.15 bits per heavy atom. The molecule has 0 aromatic heterocycles. The van der Waals surface area contributed by atoms with E-state index in [9.17, 15) is 16.8 Å². The van der Waals surface area contributed by atoms with Gasteiger partial charge in [-0.15, -0.1) is 0 Å². The monoisotopic (exact) mass is 394 g/mol. The van der Waals surface area contributed by atoms with Gasteiger partial charge in [0.25, 0.3) is 10.0 Å². The minimum absolute atomic E-state index is 0.0374. The van der Waals surface area contributed by atoms with Crippen molar-refractivity contribution < 1.29 is 16.8 Å². The van der Waals surface area contributed by atoms with E-state index in [1.165, 1.54) is 32.3 Å². The van der Waals surface area contributed by atoms with Gasteiger partial charge in [-0.3, -0.25) is 4.72 Å². The SMILES string of the molecule is Cc1cc(S(=O)(=O)N(C)C)cc(NS(=O)(=O)/C=C/c2ccccc2)c1C. The second kappa shape index (κ2) is 7.61. The topological polar surface area (TPSA) is 83.6 Å². The van der Waals surface area contributed by atoms with Crippen LogP contribution in [0.4, 0.5) is 5.69 Å². The molecule has 0 unspecified atom stereocenters. The minimum Gasteiger partial charge on any atom is -0.280 e. The van der Waals surface area contributed by atoms with Crippen molar-refractivity contribution in [1.29, 1.82) is 0 Å². The van der Waals surface area contributed by atoms with E-state index >= 15 is 0 Å². The zero-order valence-corrected chi connectivity index (χ0v) is 16.7. The number of anilines is 1. The first-order valence-electron chi connectivity index (χ1n) is 7.83. The van der Waals surface area contributed by atoms with E-state index in [0.717, 1.165) is 15.3 Å². The molecule has 0 spiro atoms. The van der Waals surface area contributed by atoms with Crippen molar-refractivity contribution in [2.24, 2.45) is 0 Å². The van der Waals surface area contributed by atoms with Gasteiger partial charge < -0.3 is 0 Å². The zero-order chi connectivity index (χ0) is 19.5. The maximum atomic E-state index is 12.4. The van der Waals surface area contributed by atoms with Crippen LogP contribution in [0.25, 0.3) is 6.08 Å². The third kappa shape index (κ3) is 4.72. The van der Waals surface area contributed by atoms with Gasteiger partial charge in [-0.1, -0.05) is 30.3 Å². The van der Waals surface area contributed by atoms with Crippen molar-refractivity contribution in [1.82, 2.24) is 4.31 Å². The molecule has 1 N–H and O–H groups in total. The van der Waals surface area contributed by atoms with E-state index in [1.54, 1.807) is 26.0 Å². The summed E-state index contributed by atoms with van der Waals surface area (Å²) < 4.78 is 53.0. The van der Waals surface area contributed by atoms with Crippen LogP contribution in [0.2, 0.25) is 0 Å². The molecule has 0 saturated heterocycles. The lowest BCUT2D eigenvalue weighted by molar-refractivity contribution is 0.520. The standard InChI is InChI=1S/C18H22N2O4S2/c1-14-12-17(26(23,24)20(3)4)13-18(15(14)2)19-25(21,22)11-10-16-8-6-5-7-9-16/h5-13,19H,1-4H3/b11-10+. The number of nitrogens with one attached hydrogen (secondary N) is 1. The Morgan fingerprint density at radius 2 is 1.58 bits per heavy atom. The zero-order valence-electron chi connectivity index (χ0n) is 15.1. The van der Waals surface area contributed by atoms with Crippen molar-refractivity contribution in [2.45, 2.75) is 18.7 Å². The summed E-state index contributed by atoms with van der Waals surface area (Å²) in [5, 5.41) is 1.06. The van der Waals surface area contributed by atoms with Crippen LogP contribution in [0.1, 0.15) is 16.7 Å². The third-order valence-corrected chi connectivity index (χ3v) is 6.70. The van der Waals surface area contributed by atoms with Crippen LogP contribution >= 0.6 is 0 Å². The van der Waals surface area contributed by atoms with E-state index in [0.29, 0.717) is 11.1 Å². The second-order valence-electron chi connectivity index (χ2n) is 6.06. The van der Waals surface area contributed by atoms with Crippen molar-refractivity contribution in [3.05, 3.63) is 64.6 Å². The van der Waals surface area contributed by atoms with E-state index in [1.807, 2.05) is 18.2 Å². The highest BCUT2D eigenvalue weighted by Gasteiger charge is 2.20. The van der Waals surface area contributed by atoms with Gasteiger partial charge in [0.15, 0.2) is 0 Å². The average molecular weight is 395 g/mol. The van der Waals surface area contributed by atoms with E-state index < -0.39 is 20.0 Å². The largest absolute Gasteiger partial charge is 0.280 e. The summed E-state index contributed by atoms with van der Waals surface area (Å²) >= 11 is 0. The smallest absolute Gasteiger partial charge is 0.255 e. The van der Waals surface area contributed by atoms with Crippen molar-refractivity contribution in [2.75, 3.05) is 18.8 Å². The molecule has 0 atom stereocenters. The lowest BCUT2D eigenvalue weighted by Gasteiger charge is -2.16. The van der Waals surface area contributed by atoms with Crippen LogP contribution in [0, 0.1) is 13.8 Å². The lowest BCUT2D eigenvalue weighted by Crippen LogP contribution is -2.22. The maximum absolute atomic E-state index is 12.4. The lowest BCUT2D eigenvalue weighted by atomic mass is 10.1. The summed E-state index contributed by atoms with van der Waals surface area (Å²) in [6.07, 6.45) is 1.48. The predicted octanol–water partition coefficient (Wildman–Crippen LogP) is 2.97. The second-order valence-corrected chi connectivity index (χ2v) is 9.78. The Morgan fingerprint density at radius 1 is 0.962 bits per heavy atom. The quantitative estimate of drug-likeness (QED) is 0.816. The Balaban J connectivity index is 2.39. The highest BCUT2D eigenvalue weighted by atomic mass is 32.2. The number of aryl methyl sites for hydroxylation is 1. The van der Waals surface area contributed by atoms with Gasteiger partial charge in [0.2, 0.25) is 10.0 Å². The summed E-state index contributed by atoms with van der Waals surface area (Å²) in [6.45, 7) is 3.47. The van der Waals surface area contributed by atoms with Crippen molar-refractivity contribution in [3.8, 4) is 0 Å². The Kier molecular flexibility index (Phi) is 5.90. The van der Waals surface area contributed by atoms with Crippen molar-refractivity contribution >= 4 is 31.8 Å². The van der Waals surface area contributed by atoms with Gasteiger partial charge in [0.1, 0.15) is 0 Å². The molecule has 2 aromatic rings. The van der Waals surface area contributed by atoms with Gasteiger partial charge in [-0.25, -0.2) is 21.1 Å². The Bertz CT molecular complexity index is 1030. The molecule has 2 rings (SSSR count). The average Bonchev–Trinajstić information content (AvgIpc) is 2.57. The highest BCUT2D eigenvalue weighted by molar-refractivity contribution is 7.95. The predicted molar refractivity (Wildman–Crippen MR) is 105 cm³/mol. The number of benzene rings is 2. The summed E-state index contributed by atoms with van der Waals surface area (Å²) in [6, 6.07) is 11.9. The van der Waals surface area contributed by atoms with Gasteiger partial charge in [0, 0.05) is 14.1 Å². The van der Waals surface area contributed by atoms with Gasteiger partial charge in [-0.05, 0) is 48.7 Å².